The van der Waals surface area contributed by atoms with Crippen LogP contribution in [0.5, 0.6) is 0 Å². The summed E-state index contributed by atoms with van der Waals surface area (Å²) in [4.78, 5) is 1.83. The van der Waals surface area contributed by atoms with Gasteiger partial charge in [0.05, 0.1) is 6.54 Å². The lowest BCUT2D eigenvalue weighted by Gasteiger charge is -2.24. The molecule has 3 N–H and O–H groups in total. The van der Waals surface area contributed by atoms with E-state index in [0.29, 0.717) is 12.1 Å². The van der Waals surface area contributed by atoms with Crippen LogP contribution in [0.1, 0.15) is 18.5 Å². The Morgan fingerprint density at radius 1 is 1.53 bits per heavy atom. The van der Waals surface area contributed by atoms with Crippen LogP contribution in [-0.2, 0) is 0 Å². The van der Waals surface area contributed by atoms with Crippen molar-refractivity contribution in [3.8, 4) is 0 Å². The number of hydrogen-bond acceptors (Lipinski definition) is 2. The summed E-state index contributed by atoms with van der Waals surface area (Å²) < 4.78 is 13.4. The molecule has 1 aromatic carbocycles. The average Bonchev–Trinajstić information content (AvgIpc) is 2.16. The molecule has 0 aliphatic heterocycles. The van der Waals surface area contributed by atoms with Crippen molar-refractivity contribution < 1.29 is 4.39 Å². The lowest BCUT2D eigenvalue weighted by Crippen LogP contribution is -2.32. The van der Waals surface area contributed by atoms with Crippen molar-refractivity contribution in [3.63, 3.8) is 0 Å². The van der Waals surface area contributed by atoms with Crippen molar-refractivity contribution >= 4 is 5.84 Å². The smallest absolute Gasteiger partial charge is 0.127 e. The molecule has 0 aliphatic rings. The molecule has 0 radical (unpaired) electrons. The minimum atomic E-state index is -0.222. The zero-order chi connectivity index (χ0) is 11.4. The lowest BCUT2D eigenvalue weighted by molar-refractivity contribution is 0.290. The van der Waals surface area contributed by atoms with E-state index in [1.807, 2.05) is 18.9 Å². The van der Waals surface area contributed by atoms with Gasteiger partial charge in [0.2, 0.25) is 0 Å². The molecule has 0 saturated carbocycles. The quantitative estimate of drug-likeness (QED) is 0.586. The van der Waals surface area contributed by atoms with E-state index in [9.17, 15) is 4.39 Å². The first-order valence-corrected chi connectivity index (χ1v) is 4.80. The van der Waals surface area contributed by atoms with E-state index >= 15 is 0 Å². The van der Waals surface area contributed by atoms with E-state index in [0.717, 1.165) is 0 Å². The molecule has 0 fully saturated rings. The van der Waals surface area contributed by atoms with Crippen LogP contribution < -0.4 is 5.73 Å². The van der Waals surface area contributed by atoms with Crippen LogP contribution in [0.2, 0.25) is 0 Å². The molecule has 82 valence electrons. The number of hydrogen-bond donors (Lipinski definition) is 2. The highest BCUT2D eigenvalue weighted by Gasteiger charge is 2.15. The SMILES string of the molecule is CC(c1ccccc1F)N(C)CC(=N)N. The van der Waals surface area contributed by atoms with Crippen LogP contribution in [0.25, 0.3) is 0 Å². The molecule has 0 bridgehead atoms. The fraction of sp³-hybridized carbons (Fsp3) is 0.364. The highest BCUT2D eigenvalue weighted by atomic mass is 19.1. The van der Waals surface area contributed by atoms with Gasteiger partial charge in [0, 0.05) is 11.6 Å². The van der Waals surface area contributed by atoms with Gasteiger partial charge >= 0.3 is 0 Å². The van der Waals surface area contributed by atoms with E-state index in [1.165, 1.54) is 6.07 Å². The van der Waals surface area contributed by atoms with Crippen LogP contribution in [0.3, 0.4) is 0 Å². The van der Waals surface area contributed by atoms with Crippen molar-refractivity contribution in [1.82, 2.24) is 4.90 Å². The Morgan fingerprint density at radius 2 is 2.13 bits per heavy atom. The highest BCUT2D eigenvalue weighted by molar-refractivity contribution is 5.78. The summed E-state index contributed by atoms with van der Waals surface area (Å²) in [6, 6.07) is 6.56. The second-order valence-electron chi connectivity index (χ2n) is 3.64. The second-order valence-corrected chi connectivity index (χ2v) is 3.64. The van der Waals surface area contributed by atoms with Gasteiger partial charge in [0.25, 0.3) is 0 Å². The monoisotopic (exact) mass is 209 g/mol. The minimum absolute atomic E-state index is 0.0840. The molecule has 3 nitrogen and oxygen atoms in total. The predicted molar refractivity (Wildman–Crippen MR) is 59.4 cm³/mol. The van der Waals surface area contributed by atoms with Crippen molar-refractivity contribution in [2.75, 3.05) is 13.6 Å². The van der Waals surface area contributed by atoms with E-state index in [1.54, 1.807) is 18.2 Å². The minimum Gasteiger partial charge on any atom is -0.387 e. The van der Waals surface area contributed by atoms with Crippen molar-refractivity contribution in [3.05, 3.63) is 35.6 Å². The van der Waals surface area contributed by atoms with E-state index in [4.69, 9.17) is 11.1 Å². The summed E-state index contributed by atoms with van der Waals surface area (Å²) in [5, 5.41) is 7.18. The molecular formula is C11H16FN3. The number of likely N-dealkylation sites (N-methyl/N-ethyl adjacent to an activating group) is 1. The van der Waals surface area contributed by atoms with Gasteiger partial charge in [-0.1, -0.05) is 18.2 Å². The van der Waals surface area contributed by atoms with Crippen LogP contribution in [0.15, 0.2) is 24.3 Å². The zero-order valence-corrected chi connectivity index (χ0v) is 9.00. The van der Waals surface area contributed by atoms with Crippen LogP contribution >= 0.6 is 0 Å². The standard InChI is InChI=1S/C11H16FN3/c1-8(15(2)7-11(13)14)9-5-3-4-6-10(9)12/h3-6,8H,7H2,1-2H3,(H3,13,14). The molecule has 0 aromatic heterocycles. The summed E-state index contributed by atoms with van der Waals surface area (Å²) >= 11 is 0. The predicted octanol–water partition coefficient (Wildman–Crippen LogP) is 1.75. The van der Waals surface area contributed by atoms with Crippen LogP contribution in [0, 0.1) is 11.2 Å². The third-order valence-corrected chi connectivity index (χ3v) is 2.44. The molecule has 1 atom stereocenters. The number of nitrogens with zero attached hydrogens (tertiary/aromatic N) is 1. The molecule has 4 heteroatoms. The summed E-state index contributed by atoms with van der Waals surface area (Å²) in [5.74, 6) is -0.138. The van der Waals surface area contributed by atoms with Crippen molar-refractivity contribution in [1.29, 1.82) is 5.41 Å². The molecule has 0 saturated heterocycles. The average molecular weight is 209 g/mol. The van der Waals surface area contributed by atoms with E-state index in [2.05, 4.69) is 0 Å². The van der Waals surface area contributed by atoms with Gasteiger partial charge in [-0.2, -0.15) is 0 Å². The molecule has 0 heterocycles. The maximum absolute atomic E-state index is 13.4. The van der Waals surface area contributed by atoms with Gasteiger partial charge in [-0.05, 0) is 20.0 Å². The van der Waals surface area contributed by atoms with Gasteiger partial charge in [-0.3, -0.25) is 10.3 Å². The second kappa shape index (κ2) is 4.89. The Hall–Kier alpha value is -1.42. The molecule has 15 heavy (non-hydrogen) atoms. The van der Waals surface area contributed by atoms with Gasteiger partial charge < -0.3 is 5.73 Å². The summed E-state index contributed by atoms with van der Waals surface area (Å²) in [7, 11) is 1.82. The zero-order valence-electron chi connectivity index (χ0n) is 9.00. The Kier molecular flexibility index (Phi) is 3.80. The molecular weight excluding hydrogens is 193 g/mol. The molecule has 1 rings (SSSR count). The fourth-order valence-corrected chi connectivity index (χ4v) is 1.46. The number of rotatable bonds is 4. The van der Waals surface area contributed by atoms with Crippen molar-refractivity contribution in [2.45, 2.75) is 13.0 Å². The van der Waals surface area contributed by atoms with Gasteiger partial charge in [-0.15, -0.1) is 0 Å². The number of benzene rings is 1. The van der Waals surface area contributed by atoms with E-state index < -0.39 is 0 Å². The summed E-state index contributed by atoms with van der Waals surface area (Å²) in [6.45, 7) is 2.23. The largest absolute Gasteiger partial charge is 0.387 e. The third-order valence-electron chi connectivity index (χ3n) is 2.44. The Bertz CT molecular complexity index is 351. The topological polar surface area (TPSA) is 53.1 Å². The maximum atomic E-state index is 13.4. The molecule has 0 spiro atoms. The highest BCUT2D eigenvalue weighted by Crippen LogP contribution is 2.20. The van der Waals surface area contributed by atoms with Crippen molar-refractivity contribution in [2.24, 2.45) is 5.73 Å². The molecule has 0 aliphatic carbocycles. The molecule has 1 aromatic rings. The molecule has 1 unspecified atom stereocenters. The lowest BCUT2D eigenvalue weighted by atomic mass is 10.1. The van der Waals surface area contributed by atoms with Gasteiger partial charge in [-0.25, -0.2) is 4.39 Å². The third kappa shape index (κ3) is 3.02. The van der Waals surface area contributed by atoms with Gasteiger partial charge in [0.15, 0.2) is 0 Å². The summed E-state index contributed by atoms with van der Waals surface area (Å²) in [6.07, 6.45) is 0. The normalized spacial score (nSPS) is 12.8. The number of amidine groups is 1. The van der Waals surface area contributed by atoms with Crippen LogP contribution in [0.4, 0.5) is 4.39 Å². The maximum Gasteiger partial charge on any atom is 0.127 e. The number of halogens is 1. The molecule has 0 amide bonds. The fourth-order valence-electron chi connectivity index (χ4n) is 1.46. The van der Waals surface area contributed by atoms with E-state index in [-0.39, 0.29) is 17.7 Å². The Labute approximate surface area is 89.2 Å². The number of nitrogens with one attached hydrogen (secondary N) is 1. The first-order chi connectivity index (χ1) is 7.02. The summed E-state index contributed by atoms with van der Waals surface area (Å²) in [5.41, 5.74) is 5.92. The number of nitrogens with two attached hydrogens (primary N) is 1. The first-order valence-electron chi connectivity index (χ1n) is 4.80. The Balaban J connectivity index is 2.80. The van der Waals surface area contributed by atoms with Gasteiger partial charge in [0.1, 0.15) is 11.7 Å². The Morgan fingerprint density at radius 3 is 2.67 bits per heavy atom. The first kappa shape index (κ1) is 11.7. The van der Waals surface area contributed by atoms with Crippen LogP contribution in [-0.4, -0.2) is 24.3 Å².